The highest BCUT2D eigenvalue weighted by atomic mass is 15.2. The lowest BCUT2D eigenvalue weighted by atomic mass is 10.0. The van der Waals surface area contributed by atoms with Crippen molar-refractivity contribution in [1.29, 1.82) is 0 Å². The van der Waals surface area contributed by atoms with Gasteiger partial charge in [0.15, 0.2) is 0 Å². The maximum absolute atomic E-state index is 3.74. The number of piperazine rings is 1. The van der Waals surface area contributed by atoms with E-state index >= 15 is 0 Å². The topological polar surface area (TPSA) is 15.3 Å². The van der Waals surface area contributed by atoms with Gasteiger partial charge in [-0.3, -0.25) is 4.90 Å². The molecule has 1 aromatic carbocycles. The van der Waals surface area contributed by atoms with Gasteiger partial charge >= 0.3 is 0 Å². The molecule has 2 atom stereocenters. The van der Waals surface area contributed by atoms with Crippen molar-refractivity contribution in [3.63, 3.8) is 0 Å². The summed E-state index contributed by atoms with van der Waals surface area (Å²) in [4.78, 5) is 2.70. The first kappa shape index (κ1) is 15.5. The first-order chi connectivity index (χ1) is 9.72. The third kappa shape index (κ3) is 4.32. The molecule has 0 amide bonds. The fourth-order valence-corrected chi connectivity index (χ4v) is 3.21. The molecule has 2 rings (SSSR count). The molecule has 2 nitrogen and oxygen atoms in total. The Labute approximate surface area is 124 Å². The summed E-state index contributed by atoms with van der Waals surface area (Å²) in [5.74, 6) is 0. The zero-order valence-electron chi connectivity index (χ0n) is 13.4. The van der Waals surface area contributed by atoms with E-state index < -0.39 is 0 Å². The molecular formula is C18H30N2. The first-order valence-electron chi connectivity index (χ1n) is 8.26. The minimum absolute atomic E-state index is 0.679. The van der Waals surface area contributed by atoms with Gasteiger partial charge in [-0.15, -0.1) is 0 Å². The lowest BCUT2D eigenvalue weighted by Gasteiger charge is -2.40. The highest BCUT2D eigenvalue weighted by Crippen LogP contribution is 2.18. The molecule has 20 heavy (non-hydrogen) atoms. The van der Waals surface area contributed by atoms with Crippen molar-refractivity contribution < 1.29 is 0 Å². The number of hydrogen-bond acceptors (Lipinski definition) is 2. The zero-order chi connectivity index (χ0) is 14.4. The summed E-state index contributed by atoms with van der Waals surface area (Å²) >= 11 is 0. The maximum Gasteiger partial charge on any atom is 0.0237 e. The van der Waals surface area contributed by atoms with Gasteiger partial charge in [-0.1, -0.05) is 56.5 Å². The lowest BCUT2D eigenvalue weighted by molar-refractivity contribution is 0.112. The molecule has 1 N–H and O–H groups in total. The van der Waals surface area contributed by atoms with Crippen LogP contribution in [0.2, 0.25) is 0 Å². The second kappa shape index (κ2) is 7.80. The highest BCUT2D eigenvalue weighted by Gasteiger charge is 2.26. The second-order valence-corrected chi connectivity index (χ2v) is 6.25. The quantitative estimate of drug-likeness (QED) is 0.850. The van der Waals surface area contributed by atoms with E-state index in [9.17, 15) is 0 Å². The monoisotopic (exact) mass is 274 g/mol. The van der Waals surface area contributed by atoms with Crippen molar-refractivity contribution in [3.8, 4) is 0 Å². The molecule has 0 bridgehead atoms. The van der Waals surface area contributed by atoms with Crippen LogP contribution in [0.5, 0.6) is 0 Å². The highest BCUT2D eigenvalue weighted by molar-refractivity contribution is 5.21. The predicted molar refractivity (Wildman–Crippen MR) is 87.0 cm³/mol. The van der Waals surface area contributed by atoms with Crippen LogP contribution in [0.25, 0.3) is 0 Å². The second-order valence-electron chi connectivity index (χ2n) is 6.25. The van der Waals surface area contributed by atoms with E-state index in [-0.39, 0.29) is 0 Å². The minimum Gasteiger partial charge on any atom is -0.311 e. The molecule has 1 aliphatic heterocycles. The molecule has 2 unspecified atom stereocenters. The molecule has 1 aromatic rings. The summed E-state index contributed by atoms with van der Waals surface area (Å²) < 4.78 is 0. The van der Waals surface area contributed by atoms with Crippen LogP contribution < -0.4 is 5.32 Å². The largest absolute Gasteiger partial charge is 0.311 e. The van der Waals surface area contributed by atoms with Crippen LogP contribution in [0.3, 0.4) is 0 Å². The van der Waals surface area contributed by atoms with Gasteiger partial charge in [-0.05, 0) is 25.3 Å². The van der Waals surface area contributed by atoms with Gasteiger partial charge in [0, 0.05) is 31.7 Å². The molecule has 1 fully saturated rings. The lowest BCUT2D eigenvalue weighted by Crippen LogP contribution is -2.55. The van der Waals surface area contributed by atoms with E-state index in [0.717, 1.165) is 13.1 Å². The Kier molecular flexibility index (Phi) is 6.06. The molecule has 0 aromatic heterocycles. The molecule has 0 aliphatic carbocycles. The number of aryl methyl sites for hydroxylation is 1. The Morgan fingerprint density at radius 2 is 1.80 bits per heavy atom. The molecule has 1 heterocycles. The summed E-state index contributed by atoms with van der Waals surface area (Å²) in [5.41, 5.74) is 2.80. The Morgan fingerprint density at radius 1 is 1.10 bits per heavy atom. The predicted octanol–water partition coefficient (Wildman–Crippen LogP) is 3.74. The van der Waals surface area contributed by atoms with E-state index in [0.29, 0.717) is 12.1 Å². The number of nitrogens with one attached hydrogen (secondary N) is 1. The summed E-state index contributed by atoms with van der Waals surface area (Å²) in [7, 11) is 0. The standard InChI is InChI=1S/C18H30N2/c1-4-6-17-14-20(18(7-5-2)12-19-17)13-16-10-8-15(3)9-11-16/h8-11,17-19H,4-7,12-14H2,1-3H3. The van der Waals surface area contributed by atoms with Crippen LogP contribution in [0, 0.1) is 6.92 Å². The summed E-state index contributed by atoms with van der Waals surface area (Å²) in [6.07, 6.45) is 5.14. The van der Waals surface area contributed by atoms with Crippen molar-refractivity contribution in [2.24, 2.45) is 0 Å². The third-order valence-corrected chi connectivity index (χ3v) is 4.38. The first-order valence-corrected chi connectivity index (χ1v) is 8.26. The van der Waals surface area contributed by atoms with Crippen LogP contribution in [0.1, 0.15) is 50.7 Å². The number of benzene rings is 1. The summed E-state index contributed by atoms with van der Waals surface area (Å²) in [5, 5.41) is 3.74. The van der Waals surface area contributed by atoms with Crippen LogP contribution in [0.4, 0.5) is 0 Å². The van der Waals surface area contributed by atoms with Crippen molar-refractivity contribution >= 4 is 0 Å². The number of hydrogen-bond donors (Lipinski definition) is 1. The van der Waals surface area contributed by atoms with Gasteiger partial charge in [0.1, 0.15) is 0 Å². The Morgan fingerprint density at radius 3 is 2.45 bits per heavy atom. The number of nitrogens with zero attached hydrogens (tertiary/aromatic N) is 1. The van der Waals surface area contributed by atoms with Crippen molar-refractivity contribution in [2.45, 2.75) is 65.1 Å². The molecule has 1 saturated heterocycles. The van der Waals surface area contributed by atoms with Gasteiger partial charge in [0.25, 0.3) is 0 Å². The van der Waals surface area contributed by atoms with Crippen LogP contribution in [0.15, 0.2) is 24.3 Å². The molecule has 0 saturated carbocycles. The summed E-state index contributed by atoms with van der Waals surface area (Å²) in [6, 6.07) is 10.4. The number of rotatable bonds is 6. The molecule has 1 aliphatic rings. The average molecular weight is 274 g/mol. The van der Waals surface area contributed by atoms with Gasteiger partial charge in [0.05, 0.1) is 0 Å². The van der Waals surface area contributed by atoms with E-state index in [1.807, 2.05) is 0 Å². The Bertz CT molecular complexity index is 385. The smallest absolute Gasteiger partial charge is 0.0237 e. The van der Waals surface area contributed by atoms with E-state index in [1.165, 1.54) is 43.4 Å². The molecule has 0 radical (unpaired) electrons. The molecular weight excluding hydrogens is 244 g/mol. The Hall–Kier alpha value is -0.860. The van der Waals surface area contributed by atoms with Crippen molar-refractivity contribution in [2.75, 3.05) is 13.1 Å². The SMILES string of the molecule is CCCC1CN(Cc2ccc(C)cc2)C(CCC)CN1. The maximum atomic E-state index is 3.74. The van der Waals surface area contributed by atoms with Gasteiger partial charge in [0.2, 0.25) is 0 Å². The zero-order valence-corrected chi connectivity index (χ0v) is 13.4. The minimum atomic E-state index is 0.679. The average Bonchev–Trinajstić information content (AvgIpc) is 2.45. The third-order valence-electron chi connectivity index (χ3n) is 4.38. The van der Waals surface area contributed by atoms with E-state index in [4.69, 9.17) is 0 Å². The van der Waals surface area contributed by atoms with Gasteiger partial charge in [-0.2, -0.15) is 0 Å². The van der Waals surface area contributed by atoms with Crippen molar-refractivity contribution in [1.82, 2.24) is 10.2 Å². The van der Waals surface area contributed by atoms with Gasteiger partial charge in [-0.25, -0.2) is 0 Å². The van der Waals surface area contributed by atoms with Gasteiger partial charge < -0.3 is 5.32 Å². The fraction of sp³-hybridized carbons (Fsp3) is 0.667. The van der Waals surface area contributed by atoms with Crippen molar-refractivity contribution in [3.05, 3.63) is 35.4 Å². The normalized spacial score (nSPS) is 23.9. The van der Waals surface area contributed by atoms with E-state index in [1.54, 1.807) is 0 Å². The molecule has 2 heteroatoms. The fourth-order valence-electron chi connectivity index (χ4n) is 3.21. The molecule has 112 valence electrons. The van der Waals surface area contributed by atoms with Crippen LogP contribution in [-0.2, 0) is 6.54 Å². The Balaban J connectivity index is 2.00. The van der Waals surface area contributed by atoms with Crippen LogP contribution in [-0.4, -0.2) is 30.1 Å². The van der Waals surface area contributed by atoms with Crippen LogP contribution >= 0.6 is 0 Å². The van der Waals surface area contributed by atoms with E-state index in [2.05, 4.69) is 55.3 Å². The molecule has 0 spiro atoms. The summed E-state index contributed by atoms with van der Waals surface area (Å²) in [6.45, 7) is 10.2.